The van der Waals surface area contributed by atoms with Gasteiger partial charge in [-0.05, 0) is 49.4 Å². The van der Waals surface area contributed by atoms with E-state index in [0.717, 1.165) is 31.2 Å². The van der Waals surface area contributed by atoms with Gasteiger partial charge in [-0.3, -0.25) is 4.79 Å². The van der Waals surface area contributed by atoms with E-state index in [1.165, 1.54) is 25.7 Å². The lowest BCUT2D eigenvalue weighted by molar-refractivity contribution is -0.131. The fourth-order valence-electron chi connectivity index (χ4n) is 3.81. The zero-order valence-corrected chi connectivity index (χ0v) is 12.8. The van der Waals surface area contributed by atoms with E-state index in [4.69, 9.17) is 5.73 Å². The second kappa shape index (κ2) is 6.25. The van der Waals surface area contributed by atoms with Crippen molar-refractivity contribution >= 4 is 5.91 Å². The first-order chi connectivity index (χ1) is 8.97. The molecule has 0 aromatic carbocycles. The van der Waals surface area contributed by atoms with Gasteiger partial charge in [0.05, 0.1) is 0 Å². The Morgan fingerprint density at radius 3 is 2.58 bits per heavy atom. The van der Waals surface area contributed by atoms with Crippen molar-refractivity contribution in [2.24, 2.45) is 29.4 Å². The first-order valence-electron chi connectivity index (χ1n) is 7.97. The van der Waals surface area contributed by atoms with Crippen molar-refractivity contribution in [2.45, 2.75) is 58.4 Å². The minimum Gasteiger partial charge on any atom is -0.346 e. The van der Waals surface area contributed by atoms with Crippen LogP contribution in [0.3, 0.4) is 0 Å². The highest BCUT2D eigenvalue weighted by molar-refractivity contribution is 5.76. The van der Waals surface area contributed by atoms with Gasteiger partial charge < -0.3 is 10.6 Å². The normalized spacial score (nSPS) is 30.9. The van der Waals surface area contributed by atoms with Crippen LogP contribution in [-0.2, 0) is 4.79 Å². The highest BCUT2D eigenvalue weighted by atomic mass is 16.2. The molecule has 1 amide bonds. The molecule has 110 valence electrons. The number of hydrogen-bond acceptors (Lipinski definition) is 2. The first-order valence-corrected chi connectivity index (χ1v) is 7.97. The summed E-state index contributed by atoms with van der Waals surface area (Å²) in [6, 6.07) is 0.206. The monoisotopic (exact) mass is 266 g/mol. The summed E-state index contributed by atoms with van der Waals surface area (Å²) < 4.78 is 0. The van der Waals surface area contributed by atoms with Crippen LogP contribution in [0.5, 0.6) is 0 Å². The molecule has 2 fully saturated rings. The predicted molar refractivity (Wildman–Crippen MR) is 78.6 cm³/mol. The average molecular weight is 266 g/mol. The molecule has 4 unspecified atom stereocenters. The molecule has 2 saturated carbocycles. The van der Waals surface area contributed by atoms with Crippen LogP contribution < -0.4 is 5.73 Å². The molecule has 2 aliphatic rings. The molecule has 19 heavy (non-hydrogen) atoms. The number of hydrogen-bond donors (Lipinski definition) is 1. The van der Waals surface area contributed by atoms with Gasteiger partial charge in [-0.1, -0.05) is 20.3 Å². The van der Waals surface area contributed by atoms with Crippen LogP contribution in [0.25, 0.3) is 0 Å². The van der Waals surface area contributed by atoms with Gasteiger partial charge in [0, 0.05) is 26.1 Å². The number of rotatable bonds is 6. The van der Waals surface area contributed by atoms with Crippen molar-refractivity contribution in [1.82, 2.24) is 4.90 Å². The number of carbonyl (C=O) groups is 1. The smallest absolute Gasteiger partial charge is 0.222 e. The molecule has 0 aliphatic heterocycles. The van der Waals surface area contributed by atoms with Crippen molar-refractivity contribution in [3.8, 4) is 0 Å². The summed E-state index contributed by atoms with van der Waals surface area (Å²) in [7, 11) is 1.93. The Labute approximate surface area is 117 Å². The van der Waals surface area contributed by atoms with E-state index in [1.807, 2.05) is 11.9 Å². The van der Waals surface area contributed by atoms with Crippen LogP contribution in [0.1, 0.15) is 52.4 Å². The Kier molecular flexibility index (Phi) is 4.88. The lowest BCUT2D eigenvalue weighted by Crippen LogP contribution is -2.35. The van der Waals surface area contributed by atoms with Crippen LogP contribution in [0.15, 0.2) is 0 Å². The standard InChI is InChI=1S/C16H30N2O/c1-11(2)15(17)6-7-18(3)16(19)10-14-9-12-4-5-13(14)8-12/h11-15H,4-10,17H2,1-3H3. The van der Waals surface area contributed by atoms with Crippen molar-refractivity contribution in [3.05, 3.63) is 0 Å². The van der Waals surface area contributed by atoms with Crippen molar-refractivity contribution in [3.63, 3.8) is 0 Å². The van der Waals surface area contributed by atoms with Crippen LogP contribution in [0, 0.1) is 23.7 Å². The molecule has 0 aromatic heterocycles. The van der Waals surface area contributed by atoms with Crippen molar-refractivity contribution in [2.75, 3.05) is 13.6 Å². The molecule has 0 radical (unpaired) electrons. The maximum Gasteiger partial charge on any atom is 0.222 e. The van der Waals surface area contributed by atoms with Crippen LogP contribution in [-0.4, -0.2) is 30.4 Å². The Morgan fingerprint density at radius 2 is 2.05 bits per heavy atom. The molecular weight excluding hydrogens is 236 g/mol. The van der Waals surface area contributed by atoms with Gasteiger partial charge in [-0.2, -0.15) is 0 Å². The van der Waals surface area contributed by atoms with E-state index < -0.39 is 0 Å². The van der Waals surface area contributed by atoms with E-state index in [1.54, 1.807) is 0 Å². The van der Waals surface area contributed by atoms with Crippen LogP contribution in [0.4, 0.5) is 0 Å². The lowest BCUT2D eigenvalue weighted by atomic mass is 9.86. The Balaban J connectivity index is 1.70. The number of nitrogens with two attached hydrogens (primary N) is 1. The molecule has 0 heterocycles. The molecule has 2 aliphatic carbocycles. The first kappa shape index (κ1) is 14.8. The van der Waals surface area contributed by atoms with Crippen LogP contribution >= 0.6 is 0 Å². The minimum absolute atomic E-state index is 0.206. The summed E-state index contributed by atoms with van der Waals surface area (Å²) in [5.41, 5.74) is 6.04. The van der Waals surface area contributed by atoms with Gasteiger partial charge in [-0.15, -0.1) is 0 Å². The maximum atomic E-state index is 12.2. The molecule has 4 atom stereocenters. The van der Waals surface area contributed by atoms with E-state index in [9.17, 15) is 4.79 Å². The summed E-state index contributed by atoms with van der Waals surface area (Å²) in [4.78, 5) is 14.1. The fourth-order valence-corrected chi connectivity index (χ4v) is 3.81. The minimum atomic E-state index is 0.206. The third-order valence-corrected chi connectivity index (χ3v) is 5.40. The van der Waals surface area contributed by atoms with Gasteiger partial charge in [0.25, 0.3) is 0 Å². The topological polar surface area (TPSA) is 46.3 Å². The van der Waals surface area contributed by atoms with E-state index in [0.29, 0.717) is 17.7 Å². The Bertz CT molecular complexity index is 316. The lowest BCUT2D eigenvalue weighted by Gasteiger charge is -2.25. The number of amides is 1. The molecule has 3 heteroatoms. The molecule has 0 spiro atoms. The second-order valence-corrected chi connectivity index (χ2v) is 7.15. The molecule has 2 rings (SSSR count). The summed E-state index contributed by atoms with van der Waals surface area (Å²) in [6.07, 6.45) is 7.15. The zero-order valence-electron chi connectivity index (χ0n) is 12.8. The molecule has 2 N–H and O–H groups in total. The number of fused-ring (bicyclic) bond motifs is 2. The van der Waals surface area contributed by atoms with Crippen LogP contribution in [0.2, 0.25) is 0 Å². The van der Waals surface area contributed by atoms with Gasteiger partial charge in [0.1, 0.15) is 0 Å². The number of carbonyl (C=O) groups excluding carboxylic acids is 1. The SMILES string of the molecule is CC(C)C(N)CCN(C)C(=O)CC1CC2CCC1C2. The van der Waals surface area contributed by atoms with Crippen molar-refractivity contribution < 1.29 is 4.79 Å². The van der Waals surface area contributed by atoms with Crippen molar-refractivity contribution in [1.29, 1.82) is 0 Å². The zero-order chi connectivity index (χ0) is 14.0. The third kappa shape index (κ3) is 3.71. The molecule has 2 bridgehead atoms. The fraction of sp³-hybridized carbons (Fsp3) is 0.938. The Hall–Kier alpha value is -0.570. The quantitative estimate of drug-likeness (QED) is 0.803. The van der Waals surface area contributed by atoms with Gasteiger partial charge >= 0.3 is 0 Å². The summed E-state index contributed by atoms with van der Waals surface area (Å²) in [6.45, 7) is 5.09. The molecule has 0 saturated heterocycles. The van der Waals surface area contributed by atoms with Gasteiger partial charge in [-0.25, -0.2) is 0 Å². The van der Waals surface area contributed by atoms with Gasteiger partial charge in [0.2, 0.25) is 5.91 Å². The van der Waals surface area contributed by atoms with Gasteiger partial charge in [0.15, 0.2) is 0 Å². The van der Waals surface area contributed by atoms with E-state index in [2.05, 4.69) is 13.8 Å². The summed E-state index contributed by atoms with van der Waals surface area (Å²) in [5, 5.41) is 0. The summed E-state index contributed by atoms with van der Waals surface area (Å²) >= 11 is 0. The molecule has 0 aromatic rings. The average Bonchev–Trinajstić information content (AvgIpc) is 2.97. The van der Waals surface area contributed by atoms with E-state index in [-0.39, 0.29) is 6.04 Å². The molecular formula is C16H30N2O. The highest BCUT2D eigenvalue weighted by Crippen LogP contribution is 2.49. The predicted octanol–water partition coefficient (Wildman–Crippen LogP) is 2.64. The molecule has 3 nitrogen and oxygen atoms in total. The second-order valence-electron chi connectivity index (χ2n) is 7.15. The number of nitrogens with zero attached hydrogens (tertiary/aromatic N) is 1. The maximum absolute atomic E-state index is 12.2. The highest BCUT2D eigenvalue weighted by Gasteiger charge is 2.40. The van der Waals surface area contributed by atoms with E-state index >= 15 is 0 Å². The largest absolute Gasteiger partial charge is 0.346 e. The third-order valence-electron chi connectivity index (χ3n) is 5.40. The summed E-state index contributed by atoms with van der Waals surface area (Å²) in [5.74, 6) is 3.28. The Morgan fingerprint density at radius 1 is 1.32 bits per heavy atom.